The van der Waals surface area contributed by atoms with Gasteiger partial charge in [-0.25, -0.2) is 4.98 Å². The minimum absolute atomic E-state index is 0.171. The third-order valence-corrected chi connectivity index (χ3v) is 10.1. The molecule has 166 valence electrons. The first-order valence-corrected chi connectivity index (χ1v) is 12.7. The van der Waals surface area contributed by atoms with E-state index in [2.05, 4.69) is 29.0 Å². The van der Waals surface area contributed by atoms with E-state index in [1.165, 1.54) is 51.4 Å². The second-order valence-electron chi connectivity index (χ2n) is 11.6. The molecule has 6 rings (SSSR count). The third kappa shape index (κ3) is 3.17. The van der Waals surface area contributed by atoms with Gasteiger partial charge in [-0.05, 0) is 104 Å². The summed E-state index contributed by atoms with van der Waals surface area (Å²) in [5.74, 6) is 5.94. The molecule has 8 unspecified atom stereocenters. The van der Waals surface area contributed by atoms with E-state index >= 15 is 0 Å². The molecule has 0 saturated heterocycles. The van der Waals surface area contributed by atoms with E-state index in [4.69, 9.17) is 0 Å². The smallest absolute Gasteiger partial charge is 0.201 e. The van der Waals surface area contributed by atoms with Crippen molar-refractivity contribution in [1.82, 2.24) is 20.0 Å². The molecule has 2 aromatic heterocycles. The van der Waals surface area contributed by atoms with E-state index in [1.807, 2.05) is 12.1 Å². The summed E-state index contributed by atoms with van der Waals surface area (Å²) < 4.78 is 0. The van der Waals surface area contributed by atoms with Crippen LogP contribution in [-0.2, 0) is 11.3 Å². The van der Waals surface area contributed by atoms with E-state index in [0.717, 1.165) is 47.4 Å². The molecule has 4 aliphatic carbocycles. The lowest BCUT2D eigenvalue weighted by Gasteiger charge is -2.56. The van der Waals surface area contributed by atoms with Crippen molar-refractivity contribution in [2.45, 2.75) is 78.2 Å². The lowest BCUT2D eigenvalue weighted by atomic mass is 9.49. The molecule has 2 heterocycles. The largest absolute Gasteiger partial charge is 0.297 e. The number of fused-ring (bicyclic) bond motifs is 6. The zero-order valence-electron chi connectivity index (χ0n) is 19.0. The van der Waals surface area contributed by atoms with Gasteiger partial charge in [0, 0.05) is 12.1 Å². The highest BCUT2D eigenvalue weighted by molar-refractivity contribution is 5.82. The molecular formula is C26H36N4O. The fourth-order valence-corrected chi connectivity index (χ4v) is 8.74. The Morgan fingerprint density at radius 2 is 1.94 bits per heavy atom. The Morgan fingerprint density at radius 1 is 1.06 bits per heavy atom. The molecule has 0 amide bonds. The van der Waals surface area contributed by atoms with Gasteiger partial charge in [0.2, 0.25) is 5.65 Å². The molecule has 5 nitrogen and oxygen atoms in total. The molecule has 0 bridgehead atoms. The van der Waals surface area contributed by atoms with Crippen molar-refractivity contribution >= 4 is 16.9 Å². The quantitative estimate of drug-likeness (QED) is 0.676. The first-order chi connectivity index (χ1) is 15.0. The average molecular weight is 421 g/mol. The fraction of sp³-hybridized carbons (Fsp3) is 0.769. The van der Waals surface area contributed by atoms with Crippen LogP contribution in [0.2, 0.25) is 0 Å². The summed E-state index contributed by atoms with van der Waals surface area (Å²) in [7, 11) is 0. The van der Waals surface area contributed by atoms with E-state index in [1.54, 1.807) is 11.0 Å². The van der Waals surface area contributed by atoms with Crippen molar-refractivity contribution in [3.63, 3.8) is 0 Å². The molecule has 0 N–H and O–H groups in total. The summed E-state index contributed by atoms with van der Waals surface area (Å²) in [5.41, 5.74) is 1.58. The molecule has 0 aromatic carbocycles. The zero-order chi connectivity index (χ0) is 21.2. The van der Waals surface area contributed by atoms with Crippen molar-refractivity contribution in [3.8, 4) is 0 Å². The minimum Gasteiger partial charge on any atom is -0.297 e. The molecule has 4 saturated carbocycles. The Labute approximate surface area is 185 Å². The van der Waals surface area contributed by atoms with Crippen LogP contribution in [0.4, 0.5) is 0 Å². The number of aromatic nitrogens is 4. The van der Waals surface area contributed by atoms with Gasteiger partial charge in [0.15, 0.2) is 5.78 Å². The van der Waals surface area contributed by atoms with Crippen molar-refractivity contribution < 1.29 is 4.79 Å². The number of Topliss-reactive ketones (excluding diaryl/α,β-unsaturated/α-hetero) is 1. The number of ketones is 1. The van der Waals surface area contributed by atoms with Gasteiger partial charge in [0.25, 0.3) is 0 Å². The van der Waals surface area contributed by atoms with Gasteiger partial charge in [-0.2, -0.15) is 9.90 Å². The maximum atomic E-state index is 13.5. The van der Waals surface area contributed by atoms with E-state index in [-0.39, 0.29) is 11.3 Å². The normalized spacial score (nSPS) is 42.1. The van der Waals surface area contributed by atoms with Crippen LogP contribution in [-0.4, -0.2) is 25.8 Å². The number of rotatable bonds is 3. The van der Waals surface area contributed by atoms with Crippen LogP contribution in [0.15, 0.2) is 18.3 Å². The number of pyridine rings is 1. The molecular weight excluding hydrogens is 384 g/mol. The predicted molar refractivity (Wildman–Crippen MR) is 120 cm³/mol. The third-order valence-electron chi connectivity index (χ3n) is 10.1. The number of nitrogens with zero attached hydrogens (tertiary/aromatic N) is 4. The van der Waals surface area contributed by atoms with Crippen LogP contribution in [0.3, 0.4) is 0 Å². The van der Waals surface area contributed by atoms with Gasteiger partial charge in [0.05, 0.1) is 0 Å². The first-order valence-electron chi connectivity index (χ1n) is 12.7. The molecule has 5 heteroatoms. The van der Waals surface area contributed by atoms with Crippen molar-refractivity contribution in [1.29, 1.82) is 0 Å². The minimum atomic E-state index is 0.171. The van der Waals surface area contributed by atoms with E-state index < -0.39 is 0 Å². The maximum Gasteiger partial charge on any atom is 0.201 e. The van der Waals surface area contributed by atoms with Crippen molar-refractivity contribution in [2.75, 3.05) is 0 Å². The van der Waals surface area contributed by atoms with Gasteiger partial charge < -0.3 is 0 Å². The van der Waals surface area contributed by atoms with Crippen LogP contribution in [0.1, 0.15) is 71.6 Å². The second-order valence-corrected chi connectivity index (χ2v) is 11.6. The van der Waals surface area contributed by atoms with Crippen molar-refractivity contribution in [3.05, 3.63) is 18.3 Å². The van der Waals surface area contributed by atoms with Crippen LogP contribution in [0.5, 0.6) is 0 Å². The van der Waals surface area contributed by atoms with Gasteiger partial charge >= 0.3 is 0 Å². The Morgan fingerprint density at radius 3 is 2.81 bits per heavy atom. The molecule has 2 aromatic rings. The maximum absolute atomic E-state index is 13.5. The standard InChI is InChI=1S/C26H36N4O/c1-16-5-7-18-17(14-16)6-8-20-19(18)11-12-26(2)21(20)9-10-22(26)24(31)15-30-28-23-4-3-13-27-25(23)29-30/h3-4,13,16-22H,5-12,14-15H2,1-2H3. The summed E-state index contributed by atoms with van der Waals surface area (Å²) in [6.07, 6.45) is 13.9. The van der Waals surface area contributed by atoms with Crippen LogP contribution < -0.4 is 0 Å². The van der Waals surface area contributed by atoms with E-state index in [0.29, 0.717) is 18.0 Å². The summed E-state index contributed by atoms with van der Waals surface area (Å²) in [6, 6.07) is 3.78. The van der Waals surface area contributed by atoms with Crippen molar-refractivity contribution in [2.24, 2.45) is 46.8 Å². The lowest BCUT2D eigenvalue weighted by Crippen LogP contribution is -2.49. The average Bonchev–Trinajstić information content (AvgIpc) is 3.33. The highest BCUT2D eigenvalue weighted by Gasteiger charge is 2.58. The first kappa shape index (κ1) is 19.9. The Kier molecular flexibility index (Phi) is 4.73. The Bertz CT molecular complexity index is 952. The lowest BCUT2D eigenvalue weighted by molar-refractivity contribution is -0.131. The topological polar surface area (TPSA) is 60.7 Å². The molecule has 31 heavy (non-hydrogen) atoms. The monoisotopic (exact) mass is 420 g/mol. The van der Waals surface area contributed by atoms with Crippen LogP contribution in [0.25, 0.3) is 11.2 Å². The molecule has 0 aliphatic heterocycles. The summed E-state index contributed by atoms with van der Waals surface area (Å²) in [5, 5.41) is 8.93. The van der Waals surface area contributed by atoms with Gasteiger partial charge in [-0.15, -0.1) is 5.10 Å². The molecule has 8 atom stereocenters. The highest BCUT2D eigenvalue weighted by Crippen LogP contribution is 2.64. The Balaban J connectivity index is 1.19. The summed E-state index contributed by atoms with van der Waals surface area (Å²) in [4.78, 5) is 19.3. The predicted octanol–water partition coefficient (Wildman–Crippen LogP) is 5.30. The van der Waals surface area contributed by atoms with Gasteiger partial charge in [-0.1, -0.05) is 20.3 Å². The second kappa shape index (κ2) is 7.38. The van der Waals surface area contributed by atoms with E-state index in [9.17, 15) is 4.79 Å². The number of carbonyl (C=O) groups is 1. The van der Waals surface area contributed by atoms with Gasteiger partial charge in [0.1, 0.15) is 12.1 Å². The SMILES string of the molecule is CC1CCC2C(CCC3C2CCC2(C)C(C(=O)Cn4nc5cccnc5n4)CCC32)C1. The Hall–Kier alpha value is -1.78. The number of carbonyl (C=O) groups excluding carboxylic acids is 1. The molecule has 4 aliphatic rings. The molecule has 4 fully saturated rings. The zero-order valence-corrected chi connectivity index (χ0v) is 19.0. The summed E-state index contributed by atoms with van der Waals surface area (Å²) >= 11 is 0. The molecule has 0 spiro atoms. The van der Waals surface area contributed by atoms with Crippen LogP contribution in [0, 0.1) is 46.8 Å². The number of hydrogen-bond acceptors (Lipinski definition) is 4. The fourth-order valence-electron chi connectivity index (χ4n) is 8.74. The number of hydrogen-bond donors (Lipinski definition) is 0. The summed E-state index contributed by atoms with van der Waals surface area (Å²) in [6.45, 7) is 5.20. The van der Waals surface area contributed by atoms with Crippen LogP contribution >= 0.6 is 0 Å². The molecule has 0 radical (unpaired) electrons. The van der Waals surface area contributed by atoms with Gasteiger partial charge in [-0.3, -0.25) is 4.79 Å². The highest BCUT2D eigenvalue weighted by atomic mass is 16.1.